The van der Waals surface area contributed by atoms with Gasteiger partial charge in [-0.3, -0.25) is 0 Å². The zero-order valence-electron chi connectivity index (χ0n) is 9.36. The Morgan fingerprint density at radius 3 is 2.50 bits per heavy atom. The summed E-state index contributed by atoms with van der Waals surface area (Å²) in [5.41, 5.74) is 0. The maximum atomic E-state index is 11.6. The van der Waals surface area contributed by atoms with Crippen LogP contribution in [0.15, 0.2) is 0 Å². The van der Waals surface area contributed by atoms with Crippen molar-refractivity contribution in [3.63, 3.8) is 0 Å². The van der Waals surface area contributed by atoms with E-state index in [4.69, 9.17) is 0 Å². The lowest BCUT2D eigenvalue weighted by molar-refractivity contribution is 0.239. The monoisotopic (exact) mass is 219 g/mol. The van der Waals surface area contributed by atoms with E-state index >= 15 is 0 Å². The first-order chi connectivity index (χ1) is 6.47. The zero-order chi connectivity index (χ0) is 10.8. The number of hydrogen-bond donors (Lipinski definition) is 0. The quantitative estimate of drug-likeness (QED) is 0.726. The minimum absolute atomic E-state index is 0.217. The van der Waals surface area contributed by atoms with Crippen LogP contribution in [0.1, 0.15) is 39.5 Å². The van der Waals surface area contributed by atoms with Gasteiger partial charge < -0.3 is 0 Å². The maximum Gasteiger partial charge on any atom is 0.213 e. The zero-order valence-corrected chi connectivity index (χ0v) is 10.2. The van der Waals surface area contributed by atoms with Crippen LogP contribution in [-0.4, -0.2) is 31.6 Å². The second-order valence-corrected chi connectivity index (χ2v) is 6.66. The highest BCUT2D eigenvalue weighted by Gasteiger charge is 2.28. The van der Waals surface area contributed by atoms with Crippen LogP contribution >= 0.6 is 0 Å². The smallest absolute Gasteiger partial charge is 0.212 e. The van der Waals surface area contributed by atoms with E-state index in [1.807, 2.05) is 0 Å². The van der Waals surface area contributed by atoms with Crippen LogP contribution in [-0.2, 0) is 10.0 Å². The fourth-order valence-corrected chi connectivity index (χ4v) is 3.22. The second-order valence-electron chi connectivity index (χ2n) is 4.34. The van der Waals surface area contributed by atoms with Crippen LogP contribution < -0.4 is 0 Å². The molecule has 0 amide bonds. The lowest BCUT2D eigenvalue weighted by Crippen LogP contribution is -2.40. The summed E-state index contributed by atoms with van der Waals surface area (Å²) in [6.45, 7) is 3.91. The lowest BCUT2D eigenvalue weighted by atomic mass is 9.87. The van der Waals surface area contributed by atoms with E-state index in [-0.39, 0.29) is 11.8 Å². The molecule has 1 saturated carbocycles. The Balaban J connectivity index is 2.64. The predicted octanol–water partition coefficient (Wildman–Crippen LogP) is 1.85. The van der Waals surface area contributed by atoms with Gasteiger partial charge in [0.15, 0.2) is 0 Å². The van der Waals surface area contributed by atoms with Crippen LogP contribution in [0.4, 0.5) is 0 Å². The van der Waals surface area contributed by atoms with Crippen LogP contribution in [0.3, 0.4) is 0 Å². The molecular weight excluding hydrogens is 198 g/mol. The molecule has 1 rings (SSSR count). The first-order valence-corrected chi connectivity index (χ1v) is 7.04. The summed E-state index contributed by atoms with van der Waals surface area (Å²) in [7, 11) is -1.26. The average Bonchev–Trinajstić information content (AvgIpc) is 2.16. The van der Waals surface area contributed by atoms with Crippen molar-refractivity contribution in [3.8, 4) is 0 Å². The predicted molar refractivity (Wildman–Crippen MR) is 58.6 cm³/mol. The number of sulfonamides is 1. The molecule has 4 heteroatoms. The highest BCUT2D eigenvalue weighted by Crippen LogP contribution is 2.27. The molecule has 1 aliphatic carbocycles. The van der Waals surface area contributed by atoms with Crippen LogP contribution in [0, 0.1) is 5.92 Å². The largest absolute Gasteiger partial charge is 0.213 e. The molecule has 14 heavy (non-hydrogen) atoms. The van der Waals surface area contributed by atoms with Gasteiger partial charge in [-0.1, -0.05) is 19.8 Å². The van der Waals surface area contributed by atoms with Crippen LogP contribution in [0.25, 0.3) is 0 Å². The topological polar surface area (TPSA) is 37.4 Å². The molecule has 84 valence electrons. The Kier molecular flexibility index (Phi) is 3.95. The standard InChI is InChI=1S/C10H21NO2S/c1-4-14(12,13)11(3)10-7-5-6-9(2)8-10/h9-10H,4-8H2,1-3H3. The summed E-state index contributed by atoms with van der Waals surface area (Å²) in [5.74, 6) is 0.886. The maximum absolute atomic E-state index is 11.6. The summed E-state index contributed by atoms with van der Waals surface area (Å²) < 4.78 is 24.8. The highest BCUT2D eigenvalue weighted by molar-refractivity contribution is 7.89. The molecule has 2 unspecified atom stereocenters. The third-order valence-corrected chi connectivity index (χ3v) is 5.13. The van der Waals surface area contributed by atoms with Crippen molar-refractivity contribution in [3.05, 3.63) is 0 Å². The van der Waals surface area contributed by atoms with Gasteiger partial charge in [0, 0.05) is 13.1 Å². The summed E-state index contributed by atoms with van der Waals surface area (Å²) in [6.07, 6.45) is 4.46. The first-order valence-electron chi connectivity index (χ1n) is 5.43. The Hall–Kier alpha value is -0.0900. The Morgan fingerprint density at radius 1 is 1.36 bits per heavy atom. The number of rotatable bonds is 3. The average molecular weight is 219 g/mol. The van der Waals surface area contributed by atoms with Gasteiger partial charge in [-0.25, -0.2) is 12.7 Å². The minimum atomic E-state index is -2.99. The van der Waals surface area contributed by atoms with Gasteiger partial charge in [-0.2, -0.15) is 0 Å². The van der Waals surface area contributed by atoms with Gasteiger partial charge in [0.2, 0.25) is 10.0 Å². The second kappa shape index (κ2) is 4.62. The van der Waals surface area contributed by atoms with E-state index in [0.29, 0.717) is 5.92 Å². The van der Waals surface area contributed by atoms with Crippen molar-refractivity contribution in [2.75, 3.05) is 12.8 Å². The lowest BCUT2D eigenvalue weighted by Gasteiger charge is -2.33. The van der Waals surface area contributed by atoms with Crippen molar-refractivity contribution >= 4 is 10.0 Å². The summed E-state index contributed by atoms with van der Waals surface area (Å²) in [6, 6.07) is 0.240. The Bertz CT molecular complexity index is 274. The molecule has 0 N–H and O–H groups in total. The molecule has 0 spiro atoms. The van der Waals surface area contributed by atoms with Gasteiger partial charge >= 0.3 is 0 Å². The molecule has 1 aliphatic rings. The Labute approximate surface area is 87.5 Å². The van der Waals surface area contributed by atoms with Crippen LogP contribution in [0.2, 0.25) is 0 Å². The highest BCUT2D eigenvalue weighted by atomic mass is 32.2. The van der Waals surface area contributed by atoms with Gasteiger partial charge in [0.05, 0.1) is 5.75 Å². The van der Waals surface area contributed by atoms with E-state index in [2.05, 4.69) is 6.92 Å². The van der Waals surface area contributed by atoms with E-state index in [1.165, 1.54) is 6.42 Å². The van der Waals surface area contributed by atoms with Crippen molar-refractivity contribution in [1.29, 1.82) is 0 Å². The fraction of sp³-hybridized carbons (Fsp3) is 1.00. The third kappa shape index (κ3) is 2.70. The third-order valence-electron chi connectivity index (χ3n) is 3.23. The van der Waals surface area contributed by atoms with Crippen molar-refractivity contribution < 1.29 is 8.42 Å². The molecule has 0 heterocycles. The van der Waals surface area contributed by atoms with Gasteiger partial charge in [0.25, 0.3) is 0 Å². The molecule has 0 aromatic rings. The molecule has 2 atom stereocenters. The molecule has 0 saturated heterocycles. The van der Waals surface area contributed by atoms with Crippen molar-refractivity contribution in [2.45, 2.75) is 45.6 Å². The van der Waals surface area contributed by atoms with Crippen LogP contribution in [0.5, 0.6) is 0 Å². The number of hydrogen-bond acceptors (Lipinski definition) is 2. The molecule has 0 radical (unpaired) electrons. The molecular formula is C10H21NO2S. The molecule has 0 aliphatic heterocycles. The van der Waals surface area contributed by atoms with Crippen molar-refractivity contribution in [2.24, 2.45) is 5.92 Å². The molecule has 1 fully saturated rings. The minimum Gasteiger partial charge on any atom is -0.212 e. The van der Waals surface area contributed by atoms with Gasteiger partial charge in [0.1, 0.15) is 0 Å². The summed E-state index contributed by atoms with van der Waals surface area (Å²) in [4.78, 5) is 0. The Morgan fingerprint density at radius 2 is 2.00 bits per heavy atom. The molecule has 0 aromatic carbocycles. The first kappa shape index (κ1) is 12.0. The van der Waals surface area contributed by atoms with Gasteiger partial charge in [-0.15, -0.1) is 0 Å². The van der Waals surface area contributed by atoms with Gasteiger partial charge in [-0.05, 0) is 25.7 Å². The van der Waals surface area contributed by atoms with E-state index < -0.39 is 10.0 Å². The van der Waals surface area contributed by atoms with E-state index in [0.717, 1.165) is 19.3 Å². The summed E-state index contributed by atoms with van der Waals surface area (Å²) >= 11 is 0. The van der Waals surface area contributed by atoms with E-state index in [9.17, 15) is 8.42 Å². The normalized spacial score (nSPS) is 29.4. The molecule has 3 nitrogen and oxygen atoms in total. The van der Waals surface area contributed by atoms with Crippen molar-refractivity contribution in [1.82, 2.24) is 4.31 Å². The molecule has 0 aromatic heterocycles. The fourth-order valence-electron chi connectivity index (χ4n) is 2.16. The SMILES string of the molecule is CCS(=O)(=O)N(C)C1CCCC(C)C1. The molecule has 0 bridgehead atoms. The summed E-state index contributed by atoms with van der Waals surface area (Å²) in [5, 5.41) is 0. The number of nitrogens with zero attached hydrogens (tertiary/aromatic N) is 1. The van der Waals surface area contributed by atoms with E-state index in [1.54, 1.807) is 18.3 Å².